The largest absolute Gasteiger partial charge is 0.350 e. The highest BCUT2D eigenvalue weighted by molar-refractivity contribution is 7.44. The summed E-state index contributed by atoms with van der Waals surface area (Å²) in [7, 11) is -3.24. The first kappa shape index (κ1) is 11.5. The van der Waals surface area contributed by atoms with Crippen molar-refractivity contribution in [2.24, 2.45) is 0 Å². The monoisotopic (exact) mass is 160 g/mol. The standard InChI is InChI=1S/2CH5O2P/c2*1-4(2)3/h2*2-3H,1H3. The predicted molar refractivity (Wildman–Crippen MR) is 34.6 cm³/mol. The van der Waals surface area contributed by atoms with Gasteiger partial charge >= 0.3 is 0 Å². The van der Waals surface area contributed by atoms with Crippen LogP contribution in [0, 0.1) is 0 Å². The van der Waals surface area contributed by atoms with Gasteiger partial charge in [0.1, 0.15) is 0 Å². The Morgan fingerprint density at radius 3 is 0.750 bits per heavy atom. The summed E-state index contributed by atoms with van der Waals surface area (Å²) in [6.45, 7) is 2.69. The first-order valence-electron chi connectivity index (χ1n) is 1.69. The molecule has 6 heteroatoms. The van der Waals surface area contributed by atoms with Crippen LogP contribution in [0.3, 0.4) is 0 Å². The Hall–Kier alpha value is 0.700. The summed E-state index contributed by atoms with van der Waals surface area (Å²) in [5.74, 6) is 0. The summed E-state index contributed by atoms with van der Waals surface area (Å²) in [5.41, 5.74) is 0. The topological polar surface area (TPSA) is 80.9 Å². The highest BCUT2D eigenvalue weighted by Crippen LogP contribution is 2.13. The van der Waals surface area contributed by atoms with E-state index in [4.69, 9.17) is 19.6 Å². The summed E-state index contributed by atoms with van der Waals surface area (Å²) < 4.78 is 0. The van der Waals surface area contributed by atoms with E-state index >= 15 is 0 Å². The maximum absolute atomic E-state index is 7.68. The summed E-state index contributed by atoms with van der Waals surface area (Å²) in [6, 6.07) is 0. The molecule has 0 aromatic carbocycles. The molecule has 0 heterocycles. The second-order valence-electron chi connectivity index (χ2n) is 0.979. The van der Waals surface area contributed by atoms with Gasteiger partial charge in [0, 0.05) is 13.3 Å². The fourth-order valence-electron chi connectivity index (χ4n) is 0. The molecule has 0 bridgehead atoms. The summed E-state index contributed by atoms with van der Waals surface area (Å²) in [4.78, 5) is 30.7. The lowest BCUT2D eigenvalue weighted by molar-refractivity contribution is 0.489. The Morgan fingerprint density at radius 2 is 0.750 bits per heavy atom. The van der Waals surface area contributed by atoms with E-state index in [1.54, 1.807) is 0 Å². The van der Waals surface area contributed by atoms with Crippen molar-refractivity contribution in [2.45, 2.75) is 0 Å². The quantitative estimate of drug-likeness (QED) is 0.371. The number of hydrogen-bond acceptors (Lipinski definition) is 4. The molecule has 0 unspecified atom stereocenters. The van der Waals surface area contributed by atoms with Crippen LogP contribution < -0.4 is 0 Å². The maximum Gasteiger partial charge on any atom is 0.161 e. The van der Waals surface area contributed by atoms with Crippen LogP contribution in [-0.2, 0) is 0 Å². The predicted octanol–water partition coefficient (Wildman–Crippen LogP) is -0.175. The normalized spacial score (nSPS) is 9.00. The lowest BCUT2D eigenvalue weighted by Gasteiger charge is -1.79. The van der Waals surface area contributed by atoms with Crippen molar-refractivity contribution < 1.29 is 19.6 Å². The van der Waals surface area contributed by atoms with Crippen LogP contribution in [0.25, 0.3) is 0 Å². The van der Waals surface area contributed by atoms with Gasteiger partial charge in [-0.25, -0.2) is 0 Å². The van der Waals surface area contributed by atoms with E-state index in [2.05, 4.69) is 0 Å². The molecule has 0 aliphatic rings. The Labute approximate surface area is 50.6 Å². The molecule has 0 aromatic rings. The summed E-state index contributed by atoms with van der Waals surface area (Å²) >= 11 is 0. The molecule has 8 heavy (non-hydrogen) atoms. The Bertz CT molecular complexity index is 27.5. The molecule has 0 aromatic heterocycles. The molecule has 0 spiro atoms. The smallest absolute Gasteiger partial charge is 0.161 e. The van der Waals surface area contributed by atoms with E-state index in [0.29, 0.717) is 0 Å². The first-order chi connectivity index (χ1) is 3.46. The maximum atomic E-state index is 7.68. The average molecular weight is 160 g/mol. The van der Waals surface area contributed by atoms with Crippen molar-refractivity contribution in [1.29, 1.82) is 0 Å². The zero-order valence-electron chi connectivity index (χ0n) is 4.68. The first-order valence-corrected chi connectivity index (χ1v) is 5.08. The van der Waals surface area contributed by atoms with Gasteiger partial charge < -0.3 is 19.6 Å². The third kappa shape index (κ3) is 444. The zero-order chi connectivity index (χ0) is 7.15. The molecule has 4 nitrogen and oxygen atoms in total. The van der Waals surface area contributed by atoms with E-state index in [-0.39, 0.29) is 0 Å². The van der Waals surface area contributed by atoms with E-state index in [1.165, 1.54) is 13.3 Å². The second-order valence-corrected chi connectivity index (χ2v) is 2.94. The van der Waals surface area contributed by atoms with Crippen LogP contribution in [0.2, 0.25) is 0 Å². The molecule has 0 atom stereocenters. The van der Waals surface area contributed by atoms with Crippen molar-refractivity contribution in [3.63, 3.8) is 0 Å². The molecule has 0 aliphatic carbocycles. The van der Waals surface area contributed by atoms with Gasteiger partial charge in [-0.2, -0.15) is 0 Å². The molecule has 0 saturated carbocycles. The molecule has 0 saturated heterocycles. The van der Waals surface area contributed by atoms with Gasteiger partial charge in [-0.05, 0) is 0 Å². The molecular formula is C2H10O4P2. The molecule has 0 amide bonds. The van der Waals surface area contributed by atoms with Gasteiger partial charge in [-0.1, -0.05) is 0 Å². The summed E-state index contributed by atoms with van der Waals surface area (Å²) in [6.07, 6.45) is 0. The molecule has 4 N–H and O–H groups in total. The van der Waals surface area contributed by atoms with Crippen molar-refractivity contribution >= 4 is 16.8 Å². The van der Waals surface area contributed by atoms with Crippen molar-refractivity contribution in [3.05, 3.63) is 0 Å². The zero-order valence-corrected chi connectivity index (χ0v) is 6.47. The van der Waals surface area contributed by atoms with E-state index in [9.17, 15) is 0 Å². The second kappa shape index (κ2) is 7.70. The van der Waals surface area contributed by atoms with Crippen molar-refractivity contribution in [3.8, 4) is 0 Å². The Balaban J connectivity index is 0. The van der Waals surface area contributed by atoms with E-state index < -0.39 is 16.8 Å². The molecule has 0 radical (unpaired) electrons. The fraction of sp³-hybridized carbons (Fsp3) is 1.00. The van der Waals surface area contributed by atoms with Gasteiger partial charge in [0.05, 0.1) is 0 Å². The van der Waals surface area contributed by atoms with Crippen LogP contribution in [-0.4, -0.2) is 32.9 Å². The fourth-order valence-corrected chi connectivity index (χ4v) is 0. The molecule has 0 aliphatic heterocycles. The SMILES string of the molecule is CP(O)O.CP(O)O. The minimum atomic E-state index is -1.62. The Morgan fingerprint density at radius 1 is 0.750 bits per heavy atom. The molecule has 0 rings (SSSR count). The van der Waals surface area contributed by atoms with Crippen LogP contribution in [0.5, 0.6) is 0 Å². The van der Waals surface area contributed by atoms with Gasteiger partial charge in [0.25, 0.3) is 0 Å². The van der Waals surface area contributed by atoms with Gasteiger partial charge in [0.2, 0.25) is 0 Å². The molecular weight excluding hydrogens is 150 g/mol. The van der Waals surface area contributed by atoms with Crippen LogP contribution in [0.4, 0.5) is 0 Å². The molecule has 52 valence electrons. The minimum Gasteiger partial charge on any atom is -0.350 e. The Kier molecular flexibility index (Phi) is 11.1. The summed E-state index contributed by atoms with van der Waals surface area (Å²) in [5, 5.41) is 0. The van der Waals surface area contributed by atoms with Crippen LogP contribution >= 0.6 is 16.8 Å². The van der Waals surface area contributed by atoms with Gasteiger partial charge in [-0.15, -0.1) is 0 Å². The lowest BCUT2D eigenvalue weighted by atomic mass is 12.0. The van der Waals surface area contributed by atoms with Crippen molar-refractivity contribution in [1.82, 2.24) is 0 Å². The average Bonchev–Trinajstić information content (AvgIpc) is 1.25. The lowest BCUT2D eigenvalue weighted by Crippen LogP contribution is -1.52. The third-order valence-corrected chi connectivity index (χ3v) is 0. The van der Waals surface area contributed by atoms with Crippen molar-refractivity contribution in [2.75, 3.05) is 13.3 Å². The molecule has 0 fully saturated rings. The highest BCUT2D eigenvalue weighted by Gasteiger charge is 1.72. The van der Waals surface area contributed by atoms with E-state index in [1.807, 2.05) is 0 Å². The number of hydrogen-bond donors (Lipinski definition) is 4. The van der Waals surface area contributed by atoms with Crippen LogP contribution in [0.1, 0.15) is 0 Å². The van der Waals surface area contributed by atoms with Crippen LogP contribution in [0.15, 0.2) is 0 Å². The van der Waals surface area contributed by atoms with Gasteiger partial charge in [-0.3, -0.25) is 0 Å². The van der Waals surface area contributed by atoms with E-state index in [0.717, 1.165) is 0 Å². The highest BCUT2D eigenvalue weighted by atomic mass is 31.2. The van der Waals surface area contributed by atoms with Gasteiger partial charge in [0.15, 0.2) is 16.8 Å². The third-order valence-electron chi connectivity index (χ3n) is 0. The number of rotatable bonds is 0. The minimum absolute atomic E-state index is 1.34.